The van der Waals surface area contributed by atoms with Gasteiger partial charge in [0.2, 0.25) is 0 Å². The second-order valence-corrected chi connectivity index (χ2v) is 4.71. The third-order valence-electron chi connectivity index (χ3n) is 3.08. The molecule has 0 saturated carbocycles. The first kappa shape index (κ1) is 12.5. The van der Waals surface area contributed by atoms with E-state index in [1.165, 1.54) is 0 Å². The predicted octanol–water partition coefficient (Wildman–Crippen LogP) is 3.09. The highest BCUT2D eigenvalue weighted by molar-refractivity contribution is 6.03. The fraction of sp³-hybridized carbons (Fsp3) is 0.286. The number of hydrazone groups is 1. The zero-order valence-corrected chi connectivity index (χ0v) is 11.5. The van der Waals surface area contributed by atoms with Gasteiger partial charge in [-0.15, -0.1) is 10.2 Å². The predicted molar refractivity (Wildman–Crippen MR) is 80.8 cm³/mol. The van der Waals surface area contributed by atoms with Crippen LogP contribution in [-0.4, -0.2) is 25.9 Å². The molecule has 0 bridgehead atoms. The maximum atomic E-state index is 4.40. The lowest BCUT2D eigenvalue weighted by molar-refractivity contribution is 0.970. The molecule has 102 valence electrons. The Morgan fingerprint density at radius 3 is 3.00 bits per heavy atom. The SMILES string of the molecule is CCC/C(C)=N\Nc1nnc2c(n1)[nH]c1ccccc12. The molecule has 20 heavy (non-hydrogen) atoms. The molecule has 0 amide bonds. The minimum atomic E-state index is 0.402. The molecule has 0 aliphatic rings. The maximum Gasteiger partial charge on any atom is 0.265 e. The summed E-state index contributed by atoms with van der Waals surface area (Å²) in [5.74, 6) is 0.402. The molecule has 6 nitrogen and oxygen atoms in total. The van der Waals surface area contributed by atoms with Gasteiger partial charge in [0.05, 0.1) is 0 Å². The highest BCUT2D eigenvalue weighted by Gasteiger charge is 2.07. The summed E-state index contributed by atoms with van der Waals surface area (Å²) in [7, 11) is 0. The molecule has 0 saturated heterocycles. The van der Waals surface area contributed by atoms with Crippen LogP contribution in [0.15, 0.2) is 29.4 Å². The van der Waals surface area contributed by atoms with Crippen LogP contribution in [0, 0.1) is 0 Å². The van der Waals surface area contributed by atoms with E-state index in [0.717, 1.165) is 35.0 Å². The fourth-order valence-electron chi connectivity index (χ4n) is 2.13. The molecule has 2 heterocycles. The minimum absolute atomic E-state index is 0.402. The van der Waals surface area contributed by atoms with Crippen LogP contribution in [0.5, 0.6) is 0 Å². The molecule has 6 heteroatoms. The van der Waals surface area contributed by atoms with Crippen LogP contribution in [0.25, 0.3) is 22.1 Å². The molecule has 0 aliphatic heterocycles. The Hall–Kier alpha value is -2.50. The van der Waals surface area contributed by atoms with Gasteiger partial charge in [-0.3, -0.25) is 0 Å². The van der Waals surface area contributed by atoms with Crippen molar-refractivity contribution in [2.45, 2.75) is 26.7 Å². The molecule has 0 fully saturated rings. The van der Waals surface area contributed by atoms with Crippen molar-refractivity contribution in [3.63, 3.8) is 0 Å². The van der Waals surface area contributed by atoms with E-state index < -0.39 is 0 Å². The average molecular weight is 268 g/mol. The number of nitrogens with zero attached hydrogens (tertiary/aromatic N) is 4. The molecule has 3 aromatic rings. The lowest BCUT2D eigenvalue weighted by Crippen LogP contribution is -2.02. The van der Waals surface area contributed by atoms with Crippen LogP contribution in [0.2, 0.25) is 0 Å². The van der Waals surface area contributed by atoms with Crippen molar-refractivity contribution in [1.29, 1.82) is 0 Å². The Morgan fingerprint density at radius 1 is 1.30 bits per heavy atom. The Kier molecular flexibility index (Phi) is 3.28. The molecule has 3 rings (SSSR count). The molecule has 0 unspecified atom stereocenters. The average Bonchev–Trinajstić information content (AvgIpc) is 2.83. The van der Waals surface area contributed by atoms with E-state index in [1.54, 1.807) is 0 Å². The normalized spacial score (nSPS) is 12.2. The van der Waals surface area contributed by atoms with E-state index in [-0.39, 0.29) is 0 Å². The summed E-state index contributed by atoms with van der Waals surface area (Å²) >= 11 is 0. The fourth-order valence-corrected chi connectivity index (χ4v) is 2.13. The molecule has 1 aromatic carbocycles. The number of benzene rings is 1. The number of aromatic amines is 1. The molecule has 2 N–H and O–H groups in total. The molecule has 0 aliphatic carbocycles. The van der Waals surface area contributed by atoms with Crippen molar-refractivity contribution in [2.24, 2.45) is 5.10 Å². The van der Waals surface area contributed by atoms with E-state index in [4.69, 9.17) is 0 Å². The number of hydrogen-bond donors (Lipinski definition) is 2. The lowest BCUT2D eigenvalue weighted by Gasteiger charge is -1.99. The topological polar surface area (TPSA) is 78.8 Å². The number of fused-ring (bicyclic) bond motifs is 3. The quantitative estimate of drug-likeness (QED) is 0.563. The number of rotatable bonds is 4. The number of aromatic nitrogens is 4. The monoisotopic (exact) mass is 268 g/mol. The second kappa shape index (κ2) is 5.24. The Labute approximate surface area is 116 Å². The van der Waals surface area contributed by atoms with E-state index >= 15 is 0 Å². The van der Waals surface area contributed by atoms with Gasteiger partial charge in [0.25, 0.3) is 5.95 Å². The van der Waals surface area contributed by atoms with Gasteiger partial charge in [0.15, 0.2) is 5.65 Å². The number of para-hydroxylation sites is 1. The summed E-state index contributed by atoms with van der Waals surface area (Å²) in [6, 6.07) is 7.95. The van der Waals surface area contributed by atoms with Crippen molar-refractivity contribution >= 4 is 33.7 Å². The van der Waals surface area contributed by atoms with Gasteiger partial charge >= 0.3 is 0 Å². The maximum absolute atomic E-state index is 4.40. The number of nitrogens with one attached hydrogen (secondary N) is 2. The van der Waals surface area contributed by atoms with Crippen molar-refractivity contribution in [3.8, 4) is 0 Å². The standard InChI is InChI=1S/C14H16N6/c1-3-6-9(2)17-19-14-16-13-12(18-20-14)10-7-4-5-8-11(10)15-13/h4-5,7-8H,3,6H2,1-2H3,(H2,15,16,19,20)/b17-9-. The number of H-pyrrole nitrogens is 1. The van der Waals surface area contributed by atoms with Gasteiger partial charge < -0.3 is 4.98 Å². The highest BCUT2D eigenvalue weighted by Crippen LogP contribution is 2.21. The second-order valence-electron chi connectivity index (χ2n) is 4.71. The smallest absolute Gasteiger partial charge is 0.265 e. The Morgan fingerprint density at radius 2 is 2.15 bits per heavy atom. The van der Waals surface area contributed by atoms with Crippen LogP contribution < -0.4 is 5.43 Å². The van der Waals surface area contributed by atoms with E-state index in [0.29, 0.717) is 11.6 Å². The largest absolute Gasteiger partial charge is 0.338 e. The summed E-state index contributed by atoms with van der Waals surface area (Å²) in [4.78, 5) is 7.63. The summed E-state index contributed by atoms with van der Waals surface area (Å²) in [5.41, 5.74) is 6.37. The van der Waals surface area contributed by atoms with Gasteiger partial charge in [-0.2, -0.15) is 10.1 Å². The Bertz CT molecular complexity index is 774. The first-order chi connectivity index (χ1) is 9.78. The first-order valence-corrected chi connectivity index (χ1v) is 6.68. The molecular formula is C14H16N6. The summed E-state index contributed by atoms with van der Waals surface area (Å²) in [6.07, 6.45) is 2.02. The van der Waals surface area contributed by atoms with Crippen LogP contribution >= 0.6 is 0 Å². The third kappa shape index (κ3) is 2.32. The third-order valence-corrected chi connectivity index (χ3v) is 3.08. The van der Waals surface area contributed by atoms with Crippen LogP contribution in [0.4, 0.5) is 5.95 Å². The molecular weight excluding hydrogens is 252 g/mol. The zero-order valence-electron chi connectivity index (χ0n) is 11.5. The molecule has 0 atom stereocenters. The van der Waals surface area contributed by atoms with Crippen molar-refractivity contribution in [3.05, 3.63) is 24.3 Å². The minimum Gasteiger partial charge on any atom is -0.338 e. The molecule has 0 spiro atoms. The van der Waals surface area contributed by atoms with Gasteiger partial charge in [-0.1, -0.05) is 31.5 Å². The summed E-state index contributed by atoms with van der Waals surface area (Å²) in [6.45, 7) is 4.10. The van der Waals surface area contributed by atoms with Gasteiger partial charge in [-0.05, 0) is 19.4 Å². The van der Waals surface area contributed by atoms with Crippen molar-refractivity contribution in [2.75, 3.05) is 5.43 Å². The lowest BCUT2D eigenvalue weighted by atomic mass is 10.2. The van der Waals surface area contributed by atoms with Crippen LogP contribution in [0.3, 0.4) is 0 Å². The highest BCUT2D eigenvalue weighted by atomic mass is 15.4. The van der Waals surface area contributed by atoms with Crippen molar-refractivity contribution in [1.82, 2.24) is 20.2 Å². The zero-order chi connectivity index (χ0) is 13.9. The number of anilines is 1. The van der Waals surface area contributed by atoms with Crippen molar-refractivity contribution < 1.29 is 0 Å². The molecule has 0 radical (unpaired) electrons. The van der Waals surface area contributed by atoms with Crippen LogP contribution in [0.1, 0.15) is 26.7 Å². The Balaban J connectivity index is 1.95. The summed E-state index contributed by atoms with van der Waals surface area (Å²) < 4.78 is 0. The van der Waals surface area contributed by atoms with Gasteiger partial charge in [-0.25, -0.2) is 5.43 Å². The number of hydrogen-bond acceptors (Lipinski definition) is 5. The van der Waals surface area contributed by atoms with Crippen LogP contribution in [-0.2, 0) is 0 Å². The van der Waals surface area contributed by atoms with Gasteiger partial charge in [0, 0.05) is 16.6 Å². The first-order valence-electron chi connectivity index (χ1n) is 6.68. The molecule has 2 aromatic heterocycles. The van der Waals surface area contributed by atoms with E-state index in [1.807, 2.05) is 31.2 Å². The van der Waals surface area contributed by atoms with Gasteiger partial charge in [0.1, 0.15) is 5.52 Å². The summed E-state index contributed by atoms with van der Waals surface area (Å²) in [5, 5.41) is 13.5. The van der Waals surface area contributed by atoms with E-state index in [9.17, 15) is 0 Å². The van der Waals surface area contributed by atoms with E-state index in [2.05, 4.69) is 37.6 Å².